The van der Waals surface area contributed by atoms with Crippen molar-refractivity contribution in [2.45, 2.75) is 16.8 Å². The van der Waals surface area contributed by atoms with Crippen molar-refractivity contribution in [2.24, 2.45) is 5.84 Å². The van der Waals surface area contributed by atoms with Crippen molar-refractivity contribution in [3.05, 3.63) is 30.0 Å². The lowest BCUT2D eigenvalue weighted by molar-refractivity contribution is 0.171. The summed E-state index contributed by atoms with van der Waals surface area (Å²) in [7, 11) is 0. The zero-order chi connectivity index (χ0) is 13.9. The molecule has 0 fully saturated rings. The van der Waals surface area contributed by atoms with Gasteiger partial charge in [0.05, 0.1) is 0 Å². The number of nitrogens with two attached hydrogens (primary N) is 1. The molecule has 3 rings (SSSR count). The smallest absolute Gasteiger partial charge is 0.238 e. The molecular formula is C13H14N4O2S. The predicted octanol–water partition coefficient (Wildman–Crippen LogP) is 1.99. The molecule has 0 saturated heterocycles. The van der Waals surface area contributed by atoms with Crippen LogP contribution in [0.3, 0.4) is 0 Å². The van der Waals surface area contributed by atoms with Crippen LogP contribution in [0, 0.1) is 6.92 Å². The molecule has 1 aromatic heterocycles. The van der Waals surface area contributed by atoms with E-state index in [1.54, 1.807) is 0 Å². The molecule has 0 saturated carbocycles. The van der Waals surface area contributed by atoms with Gasteiger partial charge < -0.3 is 9.47 Å². The van der Waals surface area contributed by atoms with Gasteiger partial charge in [0.1, 0.15) is 18.2 Å². The summed E-state index contributed by atoms with van der Waals surface area (Å²) in [5.41, 5.74) is 3.32. The summed E-state index contributed by atoms with van der Waals surface area (Å²) >= 11 is 1.52. The van der Waals surface area contributed by atoms with Gasteiger partial charge in [-0.3, -0.25) is 5.43 Å². The maximum Gasteiger partial charge on any atom is 0.238 e. The van der Waals surface area contributed by atoms with Crippen LogP contribution < -0.4 is 20.7 Å². The van der Waals surface area contributed by atoms with Gasteiger partial charge in [-0.05, 0) is 31.2 Å². The van der Waals surface area contributed by atoms with Crippen molar-refractivity contribution >= 4 is 17.7 Å². The molecule has 3 N–H and O–H groups in total. The molecule has 1 aliphatic heterocycles. The minimum Gasteiger partial charge on any atom is -0.486 e. The van der Waals surface area contributed by atoms with Crippen molar-refractivity contribution in [1.82, 2.24) is 9.97 Å². The van der Waals surface area contributed by atoms with E-state index < -0.39 is 0 Å². The van der Waals surface area contributed by atoms with Crippen LogP contribution in [0.5, 0.6) is 11.5 Å². The fourth-order valence-electron chi connectivity index (χ4n) is 1.86. The van der Waals surface area contributed by atoms with Gasteiger partial charge in [0.25, 0.3) is 0 Å². The van der Waals surface area contributed by atoms with E-state index in [0.717, 1.165) is 27.1 Å². The Morgan fingerprint density at radius 1 is 1.15 bits per heavy atom. The summed E-state index contributed by atoms with van der Waals surface area (Å²) in [6, 6.07) is 7.74. The predicted molar refractivity (Wildman–Crippen MR) is 76.1 cm³/mol. The Kier molecular flexibility index (Phi) is 3.62. The molecule has 6 nitrogen and oxygen atoms in total. The minimum absolute atomic E-state index is 0.407. The molecule has 0 aliphatic carbocycles. The highest BCUT2D eigenvalue weighted by Crippen LogP contribution is 2.36. The van der Waals surface area contributed by atoms with Crippen molar-refractivity contribution < 1.29 is 9.47 Å². The Bertz CT molecular complexity index is 636. The van der Waals surface area contributed by atoms with Gasteiger partial charge >= 0.3 is 0 Å². The number of nitrogens with zero attached hydrogens (tertiary/aromatic N) is 2. The van der Waals surface area contributed by atoms with E-state index in [2.05, 4.69) is 15.4 Å². The molecule has 1 aliphatic rings. The Balaban J connectivity index is 1.85. The Labute approximate surface area is 120 Å². The number of nitrogen functional groups attached to an aromatic ring is 1. The molecule has 7 heteroatoms. The first-order chi connectivity index (χ1) is 9.74. The summed E-state index contributed by atoms with van der Waals surface area (Å²) < 4.78 is 11.1. The number of hydrogen-bond acceptors (Lipinski definition) is 7. The van der Waals surface area contributed by atoms with Gasteiger partial charge in [0, 0.05) is 10.6 Å². The first kappa shape index (κ1) is 13.0. The molecule has 0 atom stereocenters. The van der Waals surface area contributed by atoms with Gasteiger partial charge in [-0.2, -0.15) is 0 Å². The Morgan fingerprint density at radius 3 is 2.75 bits per heavy atom. The quantitative estimate of drug-likeness (QED) is 0.508. The van der Waals surface area contributed by atoms with Crippen LogP contribution in [0.25, 0.3) is 0 Å². The standard InChI is InChI=1S/C13H14N4O2S/c1-8-6-12(16-13(15-8)17-14)20-9-2-3-10-11(7-9)19-5-4-18-10/h2-3,6-7H,4-5,14H2,1H3,(H,15,16,17). The zero-order valence-corrected chi connectivity index (χ0v) is 11.7. The number of hydrazine groups is 1. The molecular weight excluding hydrogens is 276 g/mol. The van der Waals surface area contributed by atoms with Gasteiger partial charge in [0.15, 0.2) is 11.5 Å². The number of benzene rings is 1. The van der Waals surface area contributed by atoms with E-state index in [-0.39, 0.29) is 0 Å². The number of anilines is 1. The average Bonchev–Trinajstić information content (AvgIpc) is 2.46. The summed E-state index contributed by atoms with van der Waals surface area (Å²) in [6.07, 6.45) is 0. The van der Waals surface area contributed by atoms with Crippen molar-refractivity contribution in [3.63, 3.8) is 0 Å². The lowest BCUT2D eigenvalue weighted by Gasteiger charge is -2.18. The largest absolute Gasteiger partial charge is 0.486 e. The molecule has 1 aromatic carbocycles. The number of nitrogens with one attached hydrogen (secondary N) is 1. The van der Waals surface area contributed by atoms with Crippen molar-refractivity contribution in [1.29, 1.82) is 0 Å². The number of rotatable bonds is 3. The second-order valence-electron chi connectivity index (χ2n) is 4.22. The zero-order valence-electron chi connectivity index (χ0n) is 10.9. The highest BCUT2D eigenvalue weighted by molar-refractivity contribution is 7.99. The third kappa shape index (κ3) is 2.78. The van der Waals surface area contributed by atoms with E-state index in [4.69, 9.17) is 15.3 Å². The van der Waals surface area contributed by atoms with Gasteiger partial charge in [-0.1, -0.05) is 11.8 Å². The van der Waals surface area contributed by atoms with Gasteiger partial charge in [-0.15, -0.1) is 0 Å². The second kappa shape index (κ2) is 5.56. The minimum atomic E-state index is 0.407. The summed E-state index contributed by atoms with van der Waals surface area (Å²) in [4.78, 5) is 9.49. The topological polar surface area (TPSA) is 82.3 Å². The first-order valence-corrected chi connectivity index (χ1v) is 6.96. The highest BCUT2D eigenvalue weighted by atomic mass is 32.2. The van der Waals surface area contributed by atoms with Crippen molar-refractivity contribution in [2.75, 3.05) is 18.6 Å². The summed E-state index contributed by atoms with van der Waals surface area (Å²) in [5.74, 6) is 7.31. The number of aromatic nitrogens is 2. The Morgan fingerprint density at radius 2 is 1.95 bits per heavy atom. The number of aryl methyl sites for hydroxylation is 1. The fourth-order valence-corrected chi connectivity index (χ4v) is 2.77. The van der Waals surface area contributed by atoms with E-state index in [9.17, 15) is 0 Å². The van der Waals surface area contributed by atoms with Crippen LogP contribution in [0.4, 0.5) is 5.95 Å². The molecule has 104 valence electrons. The molecule has 2 heterocycles. The molecule has 0 unspecified atom stereocenters. The van der Waals surface area contributed by atoms with Crippen LogP contribution in [0.15, 0.2) is 34.2 Å². The third-order valence-electron chi connectivity index (χ3n) is 2.70. The SMILES string of the molecule is Cc1cc(Sc2ccc3c(c2)OCCO3)nc(NN)n1. The van der Waals surface area contributed by atoms with Crippen LogP contribution in [0.1, 0.15) is 5.69 Å². The normalized spacial score (nSPS) is 13.1. The third-order valence-corrected chi connectivity index (χ3v) is 3.60. The first-order valence-electron chi connectivity index (χ1n) is 6.14. The van der Waals surface area contributed by atoms with E-state index in [0.29, 0.717) is 19.2 Å². The molecule has 0 radical (unpaired) electrons. The molecule has 0 amide bonds. The van der Waals surface area contributed by atoms with Crippen LogP contribution in [-0.4, -0.2) is 23.2 Å². The summed E-state index contributed by atoms with van der Waals surface area (Å²) in [5, 5.41) is 0.821. The highest BCUT2D eigenvalue weighted by Gasteiger charge is 2.12. The number of fused-ring (bicyclic) bond motifs is 1. The van der Waals surface area contributed by atoms with Gasteiger partial charge in [-0.25, -0.2) is 15.8 Å². The molecule has 0 bridgehead atoms. The average molecular weight is 290 g/mol. The lowest BCUT2D eigenvalue weighted by atomic mass is 10.3. The van der Waals surface area contributed by atoms with Crippen LogP contribution in [-0.2, 0) is 0 Å². The molecule has 2 aromatic rings. The monoisotopic (exact) mass is 290 g/mol. The molecule has 0 spiro atoms. The second-order valence-corrected chi connectivity index (χ2v) is 5.32. The van der Waals surface area contributed by atoms with Gasteiger partial charge in [0.2, 0.25) is 5.95 Å². The lowest BCUT2D eigenvalue weighted by Crippen LogP contribution is -2.15. The van der Waals surface area contributed by atoms with Crippen LogP contribution >= 0.6 is 11.8 Å². The maximum absolute atomic E-state index is 5.57. The number of hydrogen-bond donors (Lipinski definition) is 2. The molecule has 20 heavy (non-hydrogen) atoms. The Hall–Kier alpha value is -1.99. The summed E-state index contributed by atoms with van der Waals surface area (Å²) in [6.45, 7) is 3.07. The number of ether oxygens (including phenoxy) is 2. The maximum atomic E-state index is 5.57. The van der Waals surface area contributed by atoms with Crippen molar-refractivity contribution in [3.8, 4) is 11.5 Å². The fraction of sp³-hybridized carbons (Fsp3) is 0.231. The van der Waals surface area contributed by atoms with E-state index >= 15 is 0 Å². The van der Waals surface area contributed by atoms with Crippen LogP contribution in [0.2, 0.25) is 0 Å². The van der Waals surface area contributed by atoms with E-state index in [1.165, 1.54) is 11.8 Å². The van der Waals surface area contributed by atoms with E-state index in [1.807, 2.05) is 31.2 Å².